The summed E-state index contributed by atoms with van der Waals surface area (Å²) in [5.41, 5.74) is 6.34. The molecule has 24 heavy (non-hydrogen) atoms. The van der Waals surface area contributed by atoms with Crippen LogP contribution < -0.4 is 5.32 Å². The van der Waals surface area contributed by atoms with E-state index in [4.69, 9.17) is 11.6 Å². The number of benzene rings is 1. The lowest BCUT2D eigenvalue weighted by atomic mass is 10.1. The molecule has 4 heteroatoms. The molecule has 2 rings (SSSR count). The van der Waals surface area contributed by atoms with E-state index in [1.54, 1.807) is 12.4 Å². The molecule has 0 amide bonds. The molecule has 0 unspecified atom stereocenters. The third-order valence-corrected chi connectivity index (χ3v) is 4.35. The van der Waals surface area contributed by atoms with E-state index >= 15 is 0 Å². The summed E-state index contributed by atoms with van der Waals surface area (Å²) in [6.07, 6.45) is 10.8. The van der Waals surface area contributed by atoms with Crippen LogP contribution in [0.4, 0.5) is 0 Å². The Bertz CT molecular complexity index is 804. The maximum Gasteiger partial charge on any atom is 0.0901 e. The molecule has 0 aliphatic heterocycles. The van der Waals surface area contributed by atoms with Crippen molar-refractivity contribution < 1.29 is 0 Å². The average Bonchev–Trinajstić information content (AvgIpc) is 2.60. The molecular formula is C20H24ClN3. The van der Waals surface area contributed by atoms with Crippen LogP contribution in [0.3, 0.4) is 0 Å². The zero-order chi connectivity index (χ0) is 17.5. The predicted octanol–water partition coefficient (Wildman–Crippen LogP) is 5.58. The Hall–Kier alpha value is -2.13. The number of allylic oxidation sites excluding steroid dienone is 5. The second-order valence-electron chi connectivity index (χ2n) is 5.76. The van der Waals surface area contributed by atoms with Crippen LogP contribution in [0.2, 0.25) is 5.02 Å². The summed E-state index contributed by atoms with van der Waals surface area (Å²) in [4.78, 5) is 8.62. The number of hydrogen-bond acceptors (Lipinski definition) is 3. The first-order valence-corrected chi connectivity index (χ1v) is 8.56. The number of hydrogen-bond donors (Lipinski definition) is 1. The second kappa shape index (κ2) is 8.65. The molecule has 0 saturated carbocycles. The molecule has 1 aromatic carbocycles. The summed E-state index contributed by atoms with van der Waals surface area (Å²) < 4.78 is 0. The highest BCUT2D eigenvalue weighted by molar-refractivity contribution is 6.32. The number of nitrogens with one attached hydrogen (secondary N) is 1. The van der Waals surface area contributed by atoms with Gasteiger partial charge in [0.1, 0.15) is 0 Å². The van der Waals surface area contributed by atoms with Gasteiger partial charge >= 0.3 is 0 Å². The molecule has 1 heterocycles. The molecule has 0 spiro atoms. The molecule has 1 aromatic heterocycles. The van der Waals surface area contributed by atoms with Crippen molar-refractivity contribution in [3.8, 4) is 0 Å². The van der Waals surface area contributed by atoms with Crippen LogP contribution in [0.15, 0.2) is 59.6 Å². The third-order valence-electron chi connectivity index (χ3n) is 4.00. The smallest absolute Gasteiger partial charge is 0.0901 e. The SMILES string of the molecule is C\C=C(NCc1cc2nccnc2cc1Cl)/C(C)=C\C=C(/C)CC. The van der Waals surface area contributed by atoms with Gasteiger partial charge in [-0.3, -0.25) is 9.97 Å². The summed E-state index contributed by atoms with van der Waals surface area (Å²) >= 11 is 6.38. The minimum Gasteiger partial charge on any atom is -0.381 e. The molecule has 126 valence electrons. The zero-order valence-corrected chi connectivity index (χ0v) is 15.5. The van der Waals surface area contributed by atoms with Gasteiger partial charge in [-0.2, -0.15) is 0 Å². The van der Waals surface area contributed by atoms with Crippen molar-refractivity contribution in [3.63, 3.8) is 0 Å². The van der Waals surface area contributed by atoms with E-state index in [1.165, 1.54) is 11.1 Å². The van der Waals surface area contributed by atoms with Gasteiger partial charge in [0.2, 0.25) is 0 Å². The molecular weight excluding hydrogens is 318 g/mol. The number of nitrogens with zero attached hydrogens (tertiary/aromatic N) is 2. The first-order chi connectivity index (χ1) is 11.5. The van der Waals surface area contributed by atoms with Gasteiger partial charge in [-0.05, 0) is 50.5 Å². The summed E-state index contributed by atoms with van der Waals surface area (Å²) in [7, 11) is 0. The number of rotatable bonds is 6. The topological polar surface area (TPSA) is 37.8 Å². The molecule has 0 atom stereocenters. The maximum atomic E-state index is 6.38. The first-order valence-electron chi connectivity index (χ1n) is 8.19. The minimum atomic E-state index is 0.646. The summed E-state index contributed by atoms with van der Waals surface area (Å²) in [5, 5.41) is 4.17. The minimum absolute atomic E-state index is 0.646. The van der Waals surface area contributed by atoms with Crippen LogP contribution in [-0.4, -0.2) is 9.97 Å². The van der Waals surface area contributed by atoms with Crippen molar-refractivity contribution in [1.29, 1.82) is 0 Å². The van der Waals surface area contributed by atoms with E-state index in [-0.39, 0.29) is 0 Å². The molecule has 0 fully saturated rings. The molecule has 0 radical (unpaired) electrons. The van der Waals surface area contributed by atoms with Crippen LogP contribution in [0.25, 0.3) is 11.0 Å². The van der Waals surface area contributed by atoms with Crippen molar-refractivity contribution in [1.82, 2.24) is 15.3 Å². The highest BCUT2D eigenvalue weighted by Crippen LogP contribution is 2.22. The Morgan fingerprint density at radius 1 is 1.12 bits per heavy atom. The number of fused-ring (bicyclic) bond motifs is 1. The fourth-order valence-corrected chi connectivity index (χ4v) is 2.52. The van der Waals surface area contributed by atoms with Gasteiger partial charge in [0.15, 0.2) is 0 Å². The van der Waals surface area contributed by atoms with Crippen LogP contribution in [-0.2, 0) is 6.54 Å². The highest BCUT2D eigenvalue weighted by atomic mass is 35.5. The Morgan fingerprint density at radius 3 is 2.42 bits per heavy atom. The molecule has 0 aliphatic carbocycles. The van der Waals surface area contributed by atoms with Gasteiger partial charge in [-0.15, -0.1) is 0 Å². The number of aromatic nitrogens is 2. The Morgan fingerprint density at radius 2 is 1.79 bits per heavy atom. The summed E-state index contributed by atoms with van der Waals surface area (Å²) in [5.74, 6) is 0. The van der Waals surface area contributed by atoms with Crippen molar-refractivity contribution in [2.24, 2.45) is 0 Å². The van der Waals surface area contributed by atoms with Crippen molar-refractivity contribution in [2.75, 3.05) is 0 Å². The lowest BCUT2D eigenvalue weighted by Gasteiger charge is -2.13. The van der Waals surface area contributed by atoms with Gasteiger partial charge in [-0.1, -0.05) is 42.3 Å². The normalized spacial score (nSPS) is 13.5. The molecule has 3 nitrogen and oxygen atoms in total. The fourth-order valence-electron chi connectivity index (χ4n) is 2.30. The summed E-state index contributed by atoms with van der Waals surface area (Å²) in [6, 6.07) is 3.86. The van der Waals surface area contributed by atoms with Crippen molar-refractivity contribution >= 4 is 22.6 Å². The lowest BCUT2D eigenvalue weighted by Crippen LogP contribution is -2.14. The zero-order valence-electron chi connectivity index (χ0n) is 14.7. The quantitative estimate of drug-likeness (QED) is 0.697. The van der Waals surface area contributed by atoms with Gasteiger partial charge < -0.3 is 5.32 Å². The Kier molecular flexibility index (Phi) is 6.56. The van der Waals surface area contributed by atoms with Crippen molar-refractivity contribution in [2.45, 2.75) is 40.7 Å². The lowest BCUT2D eigenvalue weighted by molar-refractivity contribution is 0.818. The van der Waals surface area contributed by atoms with Gasteiger partial charge in [-0.25, -0.2) is 0 Å². The first kappa shape index (κ1) is 18.2. The van der Waals surface area contributed by atoms with Gasteiger partial charge in [0, 0.05) is 29.7 Å². The van der Waals surface area contributed by atoms with E-state index in [1.807, 2.05) is 19.1 Å². The van der Waals surface area contributed by atoms with E-state index in [9.17, 15) is 0 Å². The van der Waals surface area contributed by atoms with Crippen LogP contribution in [0.5, 0.6) is 0 Å². The molecule has 0 aliphatic rings. The van der Waals surface area contributed by atoms with E-state index < -0.39 is 0 Å². The molecule has 1 N–H and O–H groups in total. The summed E-state index contributed by atoms with van der Waals surface area (Å²) in [6.45, 7) is 9.09. The maximum absolute atomic E-state index is 6.38. The Labute approximate surface area is 149 Å². The Balaban J connectivity index is 2.15. The van der Waals surface area contributed by atoms with Crippen LogP contribution in [0, 0.1) is 0 Å². The molecule has 0 bridgehead atoms. The highest BCUT2D eigenvalue weighted by Gasteiger charge is 2.06. The fraction of sp³-hybridized carbons (Fsp3) is 0.300. The van der Waals surface area contributed by atoms with Gasteiger partial charge in [0.25, 0.3) is 0 Å². The third kappa shape index (κ3) is 4.68. The van der Waals surface area contributed by atoms with Crippen molar-refractivity contribution in [3.05, 3.63) is 70.2 Å². The van der Waals surface area contributed by atoms with E-state index in [0.717, 1.165) is 28.7 Å². The molecule has 0 saturated heterocycles. The van der Waals surface area contributed by atoms with E-state index in [2.05, 4.69) is 54.3 Å². The second-order valence-corrected chi connectivity index (χ2v) is 6.17. The predicted molar refractivity (Wildman–Crippen MR) is 103 cm³/mol. The molecule has 2 aromatic rings. The monoisotopic (exact) mass is 341 g/mol. The largest absolute Gasteiger partial charge is 0.381 e. The average molecular weight is 342 g/mol. The standard InChI is InChI=1S/C20H24ClN3/c1-5-14(3)7-8-15(4)18(6-2)24-13-16-11-19-20(12-17(16)21)23-10-9-22-19/h6-12,24H,5,13H2,1-4H3/b14-7+,15-8-,18-6+. The number of halogens is 1. The van der Waals surface area contributed by atoms with E-state index in [0.29, 0.717) is 11.6 Å². The van der Waals surface area contributed by atoms with Crippen LogP contribution >= 0.6 is 11.6 Å². The van der Waals surface area contributed by atoms with Crippen LogP contribution in [0.1, 0.15) is 39.7 Å². The van der Waals surface area contributed by atoms with Gasteiger partial charge in [0.05, 0.1) is 11.0 Å².